The summed E-state index contributed by atoms with van der Waals surface area (Å²) in [6, 6.07) is 13.6. The van der Waals surface area contributed by atoms with Gasteiger partial charge < -0.3 is 19.9 Å². The van der Waals surface area contributed by atoms with Crippen LogP contribution in [0.2, 0.25) is 0 Å². The molecule has 0 saturated carbocycles. The molecule has 2 heterocycles. The van der Waals surface area contributed by atoms with E-state index < -0.39 is 5.92 Å². The van der Waals surface area contributed by atoms with E-state index in [1.807, 2.05) is 60.0 Å². The SMILES string of the molecule is CCCc1cc2c(c(=O)n1CCN(C)C)C(c1ccccc1)C(C#N)=C(N)O2. The van der Waals surface area contributed by atoms with Crippen molar-refractivity contribution in [3.8, 4) is 11.8 Å². The van der Waals surface area contributed by atoms with Crippen LogP contribution in [0.25, 0.3) is 0 Å². The summed E-state index contributed by atoms with van der Waals surface area (Å²) in [5.41, 5.74) is 8.48. The van der Waals surface area contributed by atoms with Gasteiger partial charge in [-0.1, -0.05) is 43.7 Å². The standard InChI is InChI=1S/C22H26N4O2/c1-4-8-16-13-18-20(22(27)26(16)12-11-25(2)3)19(15-9-6-5-7-10-15)17(14-23)21(24)28-18/h5-7,9-10,13,19H,4,8,11-12,24H2,1-3H3. The minimum Gasteiger partial charge on any atom is -0.440 e. The maximum atomic E-state index is 13.6. The first-order valence-electron chi connectivity index (χ1n) is 9.51. The summed E-state index contributed by atoms with van der Waals surface area (Å²) in [6.45, 7) is 3.41. The van der Waals surface area contributed by atoms with Gasteiger partial charge in [0.1, 0.15) is 17.4 Å². The van der Waals surface area contributed by atoms with Crippen molar-refractivity contribution in [2.45, 2.75) is 32.2 Å². The molecule has 3 rings (SSSR count). The van der Waals surface area contributed by atoms with E-state index in [0.29, 0.717) is 17.9 Å². The van der Waals surface area contributed by atoms with Gasteiger partial charge in [-0.2, -0.15) is 5.26 Å². The number of hydrogen-bond acceptors (Lipinski definition) is 5. The number of benzene rings is 1. The first-order chi connectivity index (χ1) is 13.5. The third kappa shape index (κ3) is 3.67. The summed E-state index contributed by atoms with van der Waals surface area (Å²) >= 11 is 0. The highest BCUT2D eigenvalue weighted by Gasteiger charge is 2.34. The molecule has 0 radical (unpaired) electrons. The van der Waals surface area contributed by atoms with Gasteiger partial charge in [0.05, 0.1) is 11.5 Å². The van der Waals surface area contributed by atoms with Crippen LogP contribution in [0.1, 0.15) is 36.1 Å². The van der Waals surface area contributed by atoms with E-state index >= 15 is 0 Å². The number of nitrogens with zero attached hydrogens (tertiary/aromatic N) is 3. The van der Waals surface area contributed by atoms with Gasteiger partial charge in [0.25, 0.3) is 5.56 Å². The molecule has 1 aliphatic rings. The second-order valence-corrected chi connectivity index (χ2v) is 7.26. The summed E-state index contributed by atoms with van der Waals surface area (Å²) in [6.07, 6.45) is 1.68. The van der Waals surface area contributed by atoms with Crippen LogP contribution in [0.15, 0.2) is 52.6 Å². The molecule has 0 saturated heterocycles. The molecule has 0 spiro atoms. The van der Waals surface area contributed by atoms with Crippen molar-refractivity contribution in [2.24, 2.45) is 5.73 Å². The zero-order valence-corrected chi connectivity index (χ0v) is 16.6. The normalized spacial score (nSPS) is 15.9. The summed E-state index contributed by atoms with van der Waals surface area (Å²) in [7, 11) is 3.96. The van der Waals surface area contributed by atoms with E-state index in [1.54, 1.807) is 0 Å². The number of nitriles is 1. The van der Waals surface area contributed by atoms with Gasteiger partial charge in [0, 0.05) is 24.8 Å². The van der Waals surface area contributed by atoms with E-state index in [-0.39, 0.29) is 17.0 Å². The second-order valence-electron chi connectivity index (χ2n) is 7.26. The number of pyridine rings is 1. The highest BCUT2D eigenvalue weighted by Crippen LogP contribution is 2.40. The maximum absolute atomic E-state index is 13.6. The van der Waals surface area contributed by atoms with Crippen molar-refractivity contribution in [3.63, 3.8) is 0 Å². The molecule has 1 aromatic carbocycles. The fraction of sp³-hybridized carbons (Fsp3) is 0.364. The Kier molecular flexibility index (Phi) is 5.86. The van der Waals surface area contributed by atoms with Crippen molar-refractivity contribution < 1.29 is 4.74 Å². The largest absolute Gasteiger partial charge is 0.440 e. The predicted octanol–water partition coefficient (Wildman–Crippen LogP) is 2.58. The molecule has 1 aromatic heterocycles. The molecular formula is C22H26N4O2. The van der Waals surface area contributed by atoms with Crippen molar-refractivity contribution >= 4 is 0 Å². The molecule has 2 aromatic rings. The topological polar surface area (TPSA) is 84.3 Å². The molecule has 0 fully saturated rings. The fourth-order valence-corrected chi connectivity index (χ4v) is 3.61. The molecule has 0 aliphatic carbocycles. The van der Waals surface area contributed by atoms with Crippen LogP contribution >= 0.6 is 0 Å². The monoisotopic (exact) mass is 378 g/mol. The number of fused-ring (bicyclic) bond motifs is 1. The van der Waals surface area contributed by atoms with Gasteiger partial charge in [-0.3, -0.25) is 4.79 Å². The molecule has 28 heavy (non-hydrogen) atoms. The smallest absolute Gasteiger partial charge is 0.258 e. The van der Waals surface area contributed by atoms with E-state index in [1.165, 1.54) is 0 Å². The van der Waals surface area contributed by atoms with Gasteiger partial charge in [0.15, 0.2) is 0 Å². The van der Waals surface area contributed by atoms with Gasteiger partial charge in [0.2, 0.25) is 5.88 Å². The van der Waals surface area contributed by atoms with Crippen LogP contribution in [0.3, 0.4) is 0 Å². The van der Waals surface area contributed by atoms with Crippen LogP contribution in [0.4, 0.5) is 0 Å². The Morgan fingerprint density at radius 3 is 2.61 bits per heavy atom. The third-order valence-corrected chi connectivity index (χ3v) is 4.98. The zero-order chi connectivity index (χ0) is 20.3. The van der Waals surface area contributed by atoms with Gasteiger partial charge in [-0.05, 0) is 26.1 Å². The summed E-state index contributed by atoms with van der Waals surface area (Å²) < 4.78 is 7.56. The van der Waals surface area contributed by atoms with Gasteiger partial charge >= 0.3 is 0 Å². The minimum absolute atomic E-state index is 0.0664. The minimum atomic E-state index is -0.524. The number of likely N-dealkylation sites (N-methyl/N-ethyl adjacent to an activating group) is 1. The molecule has 2 N–H and O–H groups in total. The molecule has 0 bridgehead atoms. The maximum Gasteiger partial charge on any atom is 0.258 e. The Morgan fingerprint density at radius 2 is 2.00 bits per heavy atom. The van der Waals surface area contributed by atoms with Crippen molar-refractivity contribution in [1.29, 1.82) is 5.26 Å². The molecule has 1 unspecified atom stereocenters. The first-order valence-corrected chi connectivity index (χ1v) is 9.51. The van der Waals surface area contributed by atoms with Crippen LogP contribution in [0.5, 0.6) is 5.75 Å². The fourth-order valence-electron chi connectivity index (χ4n) is 3.61. The number of ether oxygens (including phenoxy) is 1. The van der Waals surface area contributed by atoms with E-state index in [9.17, 15) is 10.1 Å². The summed E-state index contributed by atoms with van der Waals surface area (Å²) in [4.78, 5) is 15.6. The Bertz CT molecular complexity index is 984. The van der Waals surface area contributed by atoms with Gasteiger partial charge in [-0.15, -0.1) is 0 Å². The molecule has 146 valence electrons. The third-order valence-electron chi connectivity index (χ3n) is 4.98. The lowest BCUT2D eigenvalue weighted by atomic mass is 9.84. The number of nitrogens with two attached hydrogens (primary N) is 1. The molecule has 1 atom stereocenters. The summed E-state index contributed by atoms with van der Waals surface area (Å²) in [5.74, 6) is 0.000354. The lowest BCUT2D eigenvalue weighted by molar-refractivity contribution is 0.367. The lowest BCUT2D eigenvalue weighted by Crippen LogP contribution is -2.35. The van der Waals surface area contributed by atoms with Gasteiger partial charge in [-0.25, -0.2) is 0 Å². The van der Waals surface area contributed by atoms with Crippen LogP contribution in [0, 0.1) is 11.3 Å². The van der Waals surface area contributed by atoms with Crippen molar-refractivity contribution in [1.82, 2.24) is 9.47 Å². The Balaban J connectivity index is 2.24. The average Bonchev–Trinajstić information content (AvgIpc) is 2.67. The Morgan fingerprint density at radius 1 is 1.29 bits per heavy atom. The van der Waals surface area contributed by atoms with E-state index in [0.717, 1.165) is 30.6 Å². The second kappa shape index (κ2) is 8.32. The van der Waals surface area contributed by atoms with Crippen molar-refractivity contribution in [2.75, 3.05) is 20.6 Å². The Hall–Kier alpha value is -3.04. The highest BCUT2D eigenvalue weighted by atomic mass is 16.5. The quantitative estimate of drug-likeness (QED) is 0.835. The highest BCUT2D eigenvalue weighted by molar-refractivity contribution is 5.55. The zero-order valence-electron chi connectivity index (χ0n) is 16.6. The Labute approximate surface area is 165 Å². The molecule has 0 amide bonds. The van der Waals surface area contributed by atoms with Crippen LogP contribution in [-0.2, 0) is 13.0 Å². The lowest BCUT2D eigenvalue weighted by Gasteiger charge is -2.28. The number of allylic oxidation sites excluding steroid dienone is 1. The van der Waals surface area contributed by atoms with E-state index in [2.05, 4.69) is 13.0 Å². The predicted molar refractivity (Wildman–Crippen MR) is 109 cm³/mol. The summed E-state index contributed by atoms with van der Waals surface area (Å²) in [5, 5.41) is 9.71. The van der Waals surface area contributed by atoms with Crippen LogP contribution in [-0.4, -0.2) is 30.1 Å². The van der Waals surface area contributed by atoms with Crippen molar-refractivity contribution in [3.05, 3.63) is 75.0 Å². The number of aromatic nitrogens is 1. The molecule has 6 heteroatoms. The number of rotatable bonds is 6. The molecule has 6 nitrogen and oxygen atoms in total. The van der Waals surface area contributed by atoms with Crippen LogP contribution < -0.4 is 16.0 Å². The molecular weight excluding hydrogens is 352 g/mol. The first kappa shape index (κ1) is 19.7. The van der Waals surface area contributed by atoms with E-state index in [4.69, 9.17) is 10.5 Å². The number of aryl methyl sites for hydroxylation is 1. The molecule has 1 aliphatic heterocycles. The average molecular weight is 378 g/mol. The number of hydrogen-bond donors (Lipinski definition) is 1.